The van der Waals surface area contributed by atoms with Gasteiger partial charge in [-0.15, -0.1) is 0 Å². The molecule has 8 nitrogen and oxygen atoms in total. The fraction of sp³-hybridized carbons (Fsp3) is 0.200. The van der Waals surface area contributed by atoms with E-state index >= 15 is 0 Å². The van der Waals surface area contributed by atoms with Crippen LogP contribution in [0.15, 0.2) is 17.3 Å². The molecule has 23 heavy (non-hydrogen) atoms. The van der Waals surface area contributed by atoms with Crippen molar-refractivity contribution in [2.24, 2.45) is 0 Å². The number of hydrogen-bond acceptors (Lipinski definition) is 8. The Kier molecular flexibility index (Phi) is 4.35. The second kappa shape index (κ2) is 6.38. The molecule has 1 aliphatic heterocycles. The number of allylic oxidation sites excluding steroid dienone is 2. The highest BCUT2D eigenvalue weighted by Crippen LogP contribution is 2.43. The van der Waals surface area contributed by atoms with Crippen molar-refractivity contribution in [1.82, 2.24) is 0 Å². The summed E-state index contributed by atoms with van der Waals surface area (Å²) >= 11 is 0. The molecule has 1 aromatic carbocycles. The van der Waals surface area contributed by atoms with E-state index in [2.05, 4.69) is 5.32 Å². The number of nitriles is 3. The van der Waals surface area contributed by atoms with Crippen LogP contribution in [0.2, 0.25) is 0 Å². The number of nitrogens with zero attached hydrogens (tertiary/aromatic N) is 3. The van der Waals surface area contributed by atoms with E-state index in [0.29, 0.717) is 11.3 Å². The van der Waals surface area contributed by atoms with Crippen molar-refractivity contribution < 1.29 is 19.0 Å². The molecule has 0 aromatic heterocycles. The summed E-state index contributed by atoms with van der Waals surface area (Å²) in [4.78, 5) is 11.9. The summed E-state index contributed by atoms with van der Waals surface area (Å²) in [6, 6.07) is 6.54. The van der Waals surface area contributed by atoms with E-state index < -0.39 is 11.5 Å². The first-order valence-electron chi connectivity index (χ1n) is 6.27. The van der Waals surface area contributed by atoms with Gasteiger partial charge in [0, 0.05) is 5.56 Å². The minimum Gasteiger partial charge on any atom is -0.493 e. The molecule has 0 saturated carbocycles. The van der Waals surface area contributed by atoms with Gasteiger partial charge in [-0.25, -0.2) is 4.79 Å². The van der Waals surface area contributed by atoms with Crippen LogP contribution >= 0.6 is 0 Å². The van der Waals surface area contributed by atoms with Crippen LogP contribution in [-0.4, -0.2) is 20.2 Å². The molecule has 1 aromatic rings. The smallest absolute Gasteiger partial charge is 0.341 e. The van der Waals surface area contributed by atoms with Crippen molar-refractivity contribution in [2.45, 2.75) is 6.61 Å². The zero-order valence-corrected chi connectivity index (χ0v) is 12.3. The van der Waals surface area contributed by atoms with E-state index in [1.54, 1.807) is 24.3 Å². The number of methoxy groups -OCH3 is 2. The predicted molar refractivity (Wildman–Crippen MR) is 76.2 cm³/mol. The van der Waals surface area contributed by atoms with E-state index in [4.69, 9.17) is 30.0 Å². The van der Waals surface area contributed by atoms with E-state index in [-0.39, 0.29) is 29.3 Å². The zero-order valence-electron chi connectivity index (χ0n) is 12.3. The first-order chi connectivity index (χ1) is 11.1. The van der Waals surface area contributed by atoms with Crippen molar-refractivity contribution in [2.75, 3.05) is 19.5 Å². The maximum Gasteiger partial charge on any atom is 0.341 e. The molecule has 114 valence electrons. The summed E-state index contributed by atoms with van der Waals surface area (Å²) in [6.45, 7) is 0.0537. The molecule has 1 N–H and O–H groups in total. The Hall–Kier alpha value is -3.70. The van der Waals surface area contributed by atoms with Crippen LogP contribution in [0.25, 0.3) is 0 Å². The minimum atomic E-state index is -0.601. The average molecular weight is 310 g/mol. The molecule has 0 bridgehead atoms. The molecule has 0 atom stereocenters. The van der Waals surface area contributed by atoms with Crippen LogP contribution in [0.4, 0.5) is 5.69 Å². The standard InChI is InChI=1S/C15H10N4O4/c1-21-11-3-8-7-23-15(20)12(8)13(14(11)22-2)19-10(6-18)9(4-16)5-17/h3,19H,7H2,1-2H3. The Morgan fingerprint density at radius 3 is 2.43 bits per heavy atom. The molecule has 1 heterocycles. The van der Waals surface area contributed by atoms with Gasteiger partial charge >= 0.3 is 5.97 Å². The van der Waals surface area contributed by atoms with Crippen LogP contribution in [-0.2, 0) is 11.3 Å². The average Bonchev–Trinajstić information content (AvgIpc) is 2.95. The molecule has 0 spiro atoms. The number of fused-ring (bicyclic) bond motifs is 1. The summed E-state index contributed by atoms with van der Waals surface area (Å²) in [5.74, 6) is -0.121. The normalized spacial score (nSPS) is 11.2. The Balaban J connectivity index is 2.72. The molecule has 8 heteroatoms. The van der Waals surface area contributed by atoms with Gasteiger partial charge in [-0.3, -0.25) is 0 Å². The molecule has 0 radical (unpaired) electrons. The molecule has 1 aliphatic rings. The van der Waals surface area contributed by atoms with Gasteiger partial charge in [0.25, 0.3) is 0 Å². The fourth-order valence-electron chi connectivity index (χ4n) is 2.14. The summed E-state index contributed by atoms with van der Waals surface area (Å²) in [6.07, 6.45) is 0. The molecule has 0 amide bonds. The van der Waals surface area contributed by atoms with Crippen molar-refractivity contribution in [1.29, 1.82) is 15.8 Å². The Labute approximate surface area is 131 Å². The number of esters is 1. The molecular weight excluding hydrogens is 300 g/mol. The third kappa shape index (κ3) is 2.59. The van der Waals surface area contributed by atoms with Crippen LogP contribution < -0.4 is 14.8 Å². The molecular formula is C15H10N4O4. The fourth-order valence-corrected chi connectivity index (χ4v) is 2.14. The third-order valence-corrected chi connectivity index (χ3v) is 3.15. The first kappa shape index (κ1) is 15.7. The molecule has 2 rings (SSSR count). The van der Waals surface area contributed by atoms with Crippen LogP contribution in [0.3, 0.4) is 0 Å². The van der Waals surface area contributed by atoms with E-state index in [9.17, 15) is 4.79 Å². The lowest BCUT2D eigenvalue weighted by Gasteiger charge is -2.16. The lowest BCUT2D eigenvalue weighted by molar-refractivity contribution is 0.0535. The lowest BCUT2D eigenvalue weighted by Crippen LogP contribution is -2.09. The van der Waals surface area contributed by atoms with Crippen LogP contribution in [0, 0.1) is 34.0 Å². The molecule has 0 fully saturated rings. The van der Waals surface area contributed by atoms with Gasteiger partial charge in [0.1, 0.15) is 36.2 Å². The first-order valence-corrected chi connectivity index (χ1v) is 6.27. The zero-order chi connectivity index (χ0) is 17.0. The molecule has 0 aliphatic carbocycles. The number of anilines is 1. The summed E-state index contributed by atoms with van der Waals surface area (Å²) < 4.78 is 15.4. The van der Waals surface area contributed by atoms with Gasteiger partial charge in [-0.2, -0.15) is 15.8 Å². The van der Waals surface area contributed by atoms with Crippen molar-refractivity contribution >= 4 is 11.7 Å². The SMILES string of the molecule is COc1cc2c(c(NC(C#N)=C(C#N)C#N)c1OC)C(=O)OC2. The monoisotopic (exact) mass is 310 g/mol. The quantitative estimate of drug-likeness (QED) is 0.656. The summed E-state index contributed by atoms with van der Waals surface area (Å²) in [7, 11) is 2.78. The Bertz CT molecular complexity index is 821. The number of hydrogen-bond donors (Lipinski definition) is 1. The van der Waals surface area contributed by atoms with E-state index in [0.717, 1.165) is 0 Å². The third-order valence-electron chi connectivity index (χ3n) is 3.15. The largest absolute Gasteiger partial charge is 0.493 e. The maximum absolute atomic E-state index is 11.9. The Morgan fingerprint density at radius 1 is 1.22 bits per heavy atom. The number of nitrogens with one attached hydrogen (secondary N) is 1. The summed E-state index contributed by atoms with van der Waals surface area (Å²) in [5, 5.41) is 29.6. The molecule has 0 saturated heterocycles. The lowest BCUT2D eigenvalue weighted by atomic mass is 10.0. The highest BCUT2D eigenvalue weighted by molar-refractivity contribution is 6.02. The van der Waals surface area contributed by atoms with Gasteiger partial charge in [0.05, 0.1) is 19.8 Å². The predicted octanol–water partition coefficient (Wildman–Crippen LogP) is 1.61. The van der Waals surface area contributed by atoms with Gasteiger partial charge < -0.3 is 19.5 Å². The van der Waals surface area contributed by atoms with Gasteiger partial charge in [-0.1, -0.05) is 0 Å². The second-order valence-electron chi connectivity index (χ2n) is 4.31. The number of cyclic esters (lactones) is 1. The summed E-state index contributed by atoms with van der Waals surface area (Å²) in [5.41, 5.74) is 0.110. The van der Waals surface area contributed by atoms with E-state index in [1.165, 1.54) is 14.2 Å². The van der Waals surface area contributed by atoms with Crippen LogP contribution in [0.5, 0.6) is 11.5 Å². The van der Waals surface area contributed by atoms with Gasteiger partial charge in [0.2, 0.25) is 0 Å². The topological polar surface area (TPSA) is 128 Å². The van der Waals surface area contributed by atoms with Gasteiger partial charge in [-0.05, 0) is 6.07 Å². The van der Waals surface area contributed by atoms with Crippen LogP contribution in [0.1, 0.15) is 15.9 Å². The van der Waals surface area contributed by atoms with Crippen molar-refractivity contribution in [3.63, 3.8) is 0 Å². The number of benzene rings is 1. The van der Waals surface area contributed by atoms with E-state index in [1.807, 2.05) is 0 Å². The molecule has 0 unspecified atom stereocenters. The number of rotatable bonds is 4. The number of carbonyl (C=O) groups is 1. The highest BCUT2D eigenvalue weighted by atomic mass is 16.5. The second-order valence-corrected chi connectivity index (χ2v) is 4.31. The highest BCUT2D eigenvalue weighted by Gasteiger charge is 2.31. The van der Waals surface area contributed by atoms with Gasteiger partial charge in [0.15, 0.2) is 17.1 Å². The minimum absolute atomic E-state index is 0.0537. The number of carbonyl (C=O) groups excluding carboxylic acids is 1. The van der Waals surface area contributed by atoms with Crippen molar-refractivity contribution in [3.05, 3.63) is 28.5 Å². The number of ether oxygens (including phenoxy) is 3. The maximum atomic E-state index is 11.9. The van der Waals surface area contributed by atoms with Crippen molar-refractivity contribution in [3.8, 4) is 29.7 Å². The Morgan fingerprint density at radius 2 is 1.91 bits per heavy atom.